The van der Waals surface area contributed by atoms with E-state index in [4.69, 9.17) is 9.47 Å². The molecular weight excluding hydrogens is 452 g/mol. The van der Waals surface area contributed by atoms with Crippen molar-refractivity contribution in [1.82, 2.24) is 4.90 Å². The Hall–Kier alpha value is -3.36. The van der Waals surface area contributed by atoms with Gasteiger partial charge < -0.3 is 14.4 Å². The number of nitrogens with zero attached hydrogens (tertiary/aromatic N) is 2. The van der Waals surface area contributed by atoms with E-state index in [1.165, 1.54) is 11.4 Å². The van der Waals surface area contributed by atoms with Crippen molar-refractivity contribution in [1.29, 1.82) is 0 Å². The number of carbonyl (C=O) groups is 1. The van der Waals surface area contributed by atoms with Gasteiger partial charge in [0.25, 0.3) is 15.9 Å². The smallest absolute Gasteiger partial charge is 0.264 e. The van der Waals surface area contributed by atoms with Crippen LogP contribution < -0.4 is 9.04 Å². The van der Waals surface area contributed by atoms with Gasteiger partial charge in [0.15, 0.2) is 6.61 Å². The lowest BCUT2D eigenvalue weighted by Crippen LogP contribution is -2.36. The zero-order valence-electron chi connectivity index (χ0n) is 19.7. The quantitative estimate of drug-likeness (QED) is 0.415. The first-order valence-corrected chi connectivity index (χ1v) is 12.3. The van der Waals surface area contributed by atoms with E-state index in [0.29, 0.717) is 31.1 Å². The third-order valence-corrected chi connectivity index (χ3v) is 7.18. The minimum Gasteiger partial charge on any atom is -0.484 e. The van der Waals surface area contributed by atoms with Crippen LogP contribution in [0.1, 0.15) is 11.1 Å². The highest BCUT2D eigenvalue weighted by molar-refractivity contribution is 7.92. The monoisotopic (exact) mass is 482 g/mol. The van der Waals surface area contributed by atoms with Crippen LogP contribution in [0.4, 0.5) is 5.69 Å². The van der Waals surface area contributed by atoms with E-state index in [2.05, 4.69) is 0 Å². The lowest BCUT2D eigenvalue weighted by Gasteiger charge is -2.23. The van der Waals surface area contributed by atoms with Crippen LogP contribution in [-0.4, -0.2) is 53.1 Å². The zero-order chi connectivity index (χ0) is 24.6. The van der Waals surface area contributed by atoms with E-state index in [9.17, 15) is 13.2 Å². The highest BCUT2D eigenvalue weighted by Crippen LogP contribution is 2.24. The Morgan fingerprint density at radius 3 is 2.18 bits per heavy atom. The predicted octanol–water partition coefficient (Wildman–Crippen LogP) is 3.87. The number of hydrogen-bond donors (Lipinski definition) is 0. The summed E-state index contributed by atoms with van der Waals surface area (Å²) in [5, 5.41) is 0. The number of sulfonamides is 1. The van der Waals surface area contributed by atoms with Crippen molar-refractivity contribution in [2.75, 3.05) is 38.2 Å². The van der Waals surface area contributed by atoms with Gasteiger partial charge in [0, 0.05) is 27.2 Å². The first kappa shape index (κ1) is 25.3. The largest absolute Gasteiger partial charge is 0.484 e. The minimum absolute atomic E-state index is 0.132. The summed E-state index contributed by atoms with van der Waals surface area (Å²) in [4.78, 5) is 14.7. The average Bonchev–Trinajstić information content (AvgIpc) is 2.85. The van der Waals surface area contributed by atoms with Gasteiger partial charge in [0.05, 0.1) is 17.2 Å². The molecule has 3 aromatic carbocycles. The fourth-order valence-corrected chi connectivity index (χ4v) is 4.49. The number of rotatable bonds is 11. The van der Waals surface area contributed by atoms with Crippen molar-refractivity contribution < 1.29 is 22.7 Å². The van der Waals surface area contributed by atoms with Crippen molar-refractivity contribution in [2.45, 2.75) is 18.4 Å². The number of hydrogen-bond acceptors (Lipinski definition) is 5. The Kier molecular flexibility index (Phi) is 8.67. The predicted molar refractivity (Wildman–Crippen MR) is 132 cm³/mol. The Balaban J connectivity index is 1.62. The van der Waals surface area contributed by atoms with Crippen molar-refractivity contribution in [3.63, 3.8) is 0 Å². The molecule has 0 aliphatic rings. The number of amides is 1. The van der Waals surface area contributed by atoms with Crippen LogP contribution in [0.15, 0.2) is 83.8 Å². The summed E-state index contributed by atoms with van der Waals surface area (Å²) in [5.74, 6) is 0.314. The number of ether oxygens (including phenoxy) is 2. The maximum absolute atomic E-state index is 12.9. The molecule has 0 atom stereocenters. The molecule has 0 N–H and O–H groups in total. The molecule has 0 saturated carbocycles. The van der Waals surface area contributed by atoms with Gasteiger partial charge in [-0.05, 0) is 48.9 Å². The fraction of sp³-hybridized carbons (Fsp3) is 0.269. The maximum atomic E-state index is 12.9. The van der Waals surface area contributed by atoms with Gasteiger partial charge in [-0.1, -0.05) is 48.0 Å². The van der Waals surface area contributed by atoms with Crippen LogP contribution in [0.3, 0.4) is 0 Å². The second kappa shape index (κ2) is 11.7. The molecule has 0 bridgehead atoms. The lowest BCUT2D eigenvalue weighted by molar-refractivity contribution is -0.134. The van der Waals surface area contributed by atoms with Gasteiger partial charge in [-0.3, -0.25) is 9.10 Å². The minimum atomic E-state index is -3.68. The SMILES string of the molecule is COCCN(Cc1ccccc1)C(=O)COc1ccc(N(C)S(=O)(=O)c2ccc(C)cc2)cc1. The average molecular weight is 483 g/mol. The molecule has 8 heteroatoms. The zero-order valence-corrected chi connectivity index (χ0v) is 20.5. The number of methoxy groups -OCH3 is 1. The van der Waals surface area contributed by atoms with E-state index in [-0.39, 0.29) is 17.4 Å². The van der Waals surface area contributed by atoms with Crippen LogP contribution in [0, 0.1) is 6.92 Å². The van der Waals surface area contributed by atoms with Crippen LogP contribution >= 0.6 is 0 Å². The summed E-state index contributed by atoms with van der Waals surface area (Å²) in [5.41, 5.74) is 2.50. The summed E-state index contributed by atoms with van der Waals surface area (Å²) < 4.78 is 37.8. The molecule has 180 valence electrons. The topological polar surface area (TPSA) is 76.2 Å². The Bertz CT molecular complexity index is 1160. The van der Waals surface area contributed by atoms with Crippen molar-refractivity contribution in [2.24, 2.45) is 0 Å². The van der Waals surface area contributed by atoms with Crippen LogP contribution in [0.2, 0.25) is 0 Å². The molecule has 0 radical (unpaired) electrons. The molecule has 34 heavy (non-hydrogen) atoms. The molecule has 0 aliphatic heterocycles. The van der Waals surface area contributed by atoms with Crippen molar-refractivity contribution in [3.05, 3.63) is 90.0 Å². The molecular formula is C26H30N2O5S. The number of aryl methyl sites for hydroxylation is 1. The molecule has 1 amide bonds. The molecule has 0 aromatic heterocycles. The van der Waals surface area contributed by atoms with Crippen LogP contribution in [-0.2, 0) is 26.1 Å². The maximum Gasteiger partial charge on any atom is 0.264 e. The van der Waals surface area contributed by atoms with Gasteiger partial charge in [0.2, 0.25) is 0 Å². The summed E-state index contributed by atoms with van der Waals surface area (Å²) in [6.45, 7) is 3.12. The van der Waals surface area contributed by atoms with Gasteiger partial charge in [-0.15, -0.1) is 0 Å². The Morgan fingerprint density at radius 1 is 0.912 bits per heavy atom. The normalized spacial score (nSPS) is 11.1. The molecule has 0 saturated heterocycles. The highest BCUT2D eigenvalue weighted by Gasteiger charge is 2.21. The summed E-state index contributed by atoms with van der Waals surface area (Å²) in [7, 11) is -0.575. The molecule has 3 aromatic rings. The van der Waals surface area contributed by atoms with Crippen LogP contribution in [0.5, 0.6) is 5.75 Å². The molecule has 0 heterocycles. The van der Waals surface area contributed by atoms with Gasteiger partial charge in [-0.2, -0.15) is 0 Å². The second-order valence-electron chi connectivity index (χ2n) is 7.86. The molecule has 0 unspecified atom stereocenters. The third kappa shape index (κ3) is 6.59. The standard InChI is InChI=1S/C26H30N2O5S/c1-21-9-15-25(16-10-21)34(30,31)27(2)23-11-13-24(14-12-23)33-20-26(29)28(17-18-32-3)19-22-7-5-4-6-8-22/h4-16H,17-20H2,1-3H3. The van der Waals surface area contributed by atoms with E-state index < -0.39 is 10.0 Å². The van der Waals surface area contributed by atoms with E-state index in [1.807, 2.05) is 37.3 Å². The highest BCUT2D eigenvalue weighted by atomic mass is 32.2. The fourth-order valence-electron chi connectivity index (χ4n) is 3.29. The van der Waals surface area contributed by atoms with E-state index in [0.717, 1.165) is 11.1 Å². The molecule has 3 rings (SSSR count). The molecule has 0 aliphatic carbocycles. The van der Waals surface area contributed by atoms with Gasteiger partial charge >= 0.3 is 0 Å². The Labute approximate surface area is 201 Å². The second-order valence-corrected chi connectivity index (χ2v) is 9.83. The summed E-state index contributed by atoms with van der Waals surface area (Å²) >= 11 is 0. The van der Waals surface area contributed by atoms with Gasteiger partial charge in [0.1, 0.15) is 5.75 Å². The molecule has 7 nitrogen and oxygen atoms in total. The van der Waals surface area contributed by atoms with Crippen LogP contribution in [0.25, 0.3) is 0 Å². The first-order valence-electron chi connectivity index (χ1n) is 10.9. The molecule has 0 fully saturated rings. The number of anilines is 1. The number of carbonyl (C=O) groups excluding carboxylic acids is 1. The van der Waals surface area contributed by atoms with Gasteiger partial charge in [-0.25, -0.2) is 8.42 Å². The third-order valence-electron chi connectivity index (χ3n) is 5.38. The van der Waals surface area contributed by atoms with Crippen molar-refractivity contribution in [3.8, 4) is 5.75 Å². The van der Waals surface area contributed by atoms with Crippen molar-refractivity contribution >= 4 is 21.6 Å². The van der Waals surface area contributed by atoms with E-state index >= 15 is 0 Å². The van der Waals surface area contributed by atoms with E-state index in [1.54, 1.807) is 60.5 Å². The molecule has 0 spiro atoms. The number of benzene rings is 3. The Morgan fingerprint density at radius 2 is 1.56 bits per heavy atom. The summed E-state index contributed by atoms with van der Waals surface area (Å²) in [6.07, 6.45) is 0. The lowest BCUT2D eigenvalue weighted by atomic mass is 10.2. The first-order chi connectivity index (χ1) is 16.3. The summed E-state index contributed by atoms with van der Waals surface area (Å²) in [6, 6.07) is 23.1.